The van der Waals surface area contributed by atoms with Gasteiger partial charge in [-0.2, -0.15) is 0 Å². The summed E-state index contributed by atoms with van der Waals surface area (Å²) in [5.74, 6) is 0.877. The maximum Gasteiger partial charge on any atom is 0.239 e. The molecule has 1 aromatic carbocycles. The van der Waals surface area contributed by atoms with Gasteiger partial charge in [-0.1, -0.05) is 19.1 Å². The van der Waals surface area contributed by atoms with Gasteiger partial charge in [-0.05, 0) is 24.3 Å². The van der Waals surface area contributed by atoms with E-state index in [2.05, 4.69) is 12.2 Å². The van der Waals surface area contributed by atoms with Crippen LogP contribution < -0.4 is 5.32 Å². The van der Waals surface area contributed by atoms with Gasteiger partial charge < -0.3 is 5.32 Å². The molecule has 0 spiro atoms. The SMILES string of the molecule is CCCSc1ccccc1NC(=O)CCl. The Morgan fingerprint density at radius 1 is 1.47 bits per heavy atom. The molecule has 0 atom stereocenters. The van der Waals surface area contributed by atoms with Crippen LogP contribution in [0, 0.1) is 0 Å². The number of nitrogens with one attached hydrogen (secondary N) is 1. The van der Waals surface area contributed by atoms with E-state index in [-0.39, 0.29) is 11.8 Å². The van der Waals surface area contributed by atoms with E-state index in [0.29, 0.717) is 0 Å². The lowest BCUT2D eigenvalue weighted by Gasteiger charge is -2.08. The highest BCUT2D eigenvalue weighted by atomic mass is 35.5. The molecular formula is C11H14ClNOS. The zero-order chi connectivity index (χ0) is 11.1. The molecule has 0 heterocycles. The fourth-order valence-electron chi connectivity index (χ4n) is 1.09. The number of hydrogen-bond acceptors (Lipinski definition) is 2. The van der Waals surface area contributed by atoms with Gasteiger partial charge in [0.1, 0.15) is 5.88 Å². The number of halogens is 1. The predicted octanol–water partition coefficient (Wildman–Crippen LogP) is 3.37. The lowest BCUT2D eigenvalue weighted by atomic mass is 10.3. The van der Waals surface area contributed by atoms with Gasteiger partial charge in [-0.3, -0.25) is 4.79 Å². The van der Waals surface area contributed by atoms with Gasteiger partial charge >= 0.3 is 0 Å². The minimum Gasteiger partial charge on any atom is -0.324 e. The second kappa shape index (κ2) is 6.75. The third kappa shape index (κ3) is 4.14. The first-order chi connectivity index (χ1) is 7.27. The number of hydrogen-bond donors (Lipinski definition) is 1. The first-order valence-electron chi connectivity index (χ1n) is 4.85. The normalized spacial score (nSPS) is 10.0. The Bertz CT molecular complexity index is 330. The summed E-state index contributed by atoms with van der Waals surface area (Å²) in [5.41, 5.74) is 0.849. The van der Waals surface area contributed by atoms with Gasteiger partial charge in [-0.25, -0.2) is 0 Å². The van der Waals surface area contributed by atoms with Crippen LogP contribution in [0.25, 0.3) is 0 Å². The Morgan fingerprint density at radius 3 is 2.87 bits per heavy atom. The standard InChI is InChI=1S/C11H14ClNOS/c1-2-7-15-10-6-4-3-5-9(10)13-11(14)8-12/h3-6H,2,7-8H2,1H3,(H,13,14). The Morgan fingerprint density at radius 2 is 2.20 bits per heavy atom. The van der Waals surface area contributed by atoms with Crippen molar-refractivity contribution < 1.29 is 4.79 Å². The van der Waals surface area contributed by atoms with Crippen LogP contribution in [0.2, 0.25) is 0 Å². The number of alkyl halides is 1. The summed E-state index contributed by atoms with van der Waals surface area (Å²) in [4.78, 5) is 12.3. The van der Waals surface area contributed by atoms with Gasteiger partial charge in [0, 0.05) is 4.90 Å². The molecule has 0 radical (unpaired) electrons. The average molecular weight is 244 g/mol. The number of thioether (sulfide) groups is 1. The molecule has 1 aromatic rings. The summed E-state index contributed by atoms with van der Waals surface area (Å²) >= 11 is 7.18. The van der Waals surface area contributed by atoms with Crippen molar-refractivity contribution in [2.24, 2.45) is 0 Å². The van der Waals surface area contributed by atoms with Crippen LogP contribution in [-0.2, 0) is 4.79 Å². The maximum absolute atomic E-state index is 11.2. The van der Waals surface area contributed by atoms with Crippen LogP contribution in [0.4, 0.5) is 5.69 Å². The topological polar surface area (TPSA) is 29.1 Å². The molecule has 82 valence electrons. The molecule has 0 fully saturated rings. The summed E-state index contributed by atoms with van der Waals surface area (Å²) in [6.07, 6.45) is 1.11. The molecule has 1 rings (SSSR count). The molecule has 15 heavy (non-hydrogen) atoms. The van der Waals surface area contributed by atoms with Crippen LogP contribution in [0.15, 0.2) is 29.2 Å². The van der Waals surface area contributed by atoms with Crippen molar-refractivity contribution in [3.05, 3.63) is 24.3 Å². The number of carbonyl (C=O) groups is 1. The molecule has 1 N–H and O–H groups in total. The van der Waals surface area contributed by atoms with Crippen LogP contribution in [-0.4, -0.2) is 17.5 Å². The highest BCUT2D eigenvalue weighted by Crippen LogP contribution is 2.27. The molecule has 0 saturated heterocycles. The molecule has 0 aliphatic rings. The van der Waals surface area contributed by atoms with E-state index in [1.807, 2.05) is 24.3 Å². The Kier molecular flexibility index (Phi) is 5.58. The summed E-state index contributed by atoms with van der Waals surface area (Å²) < 4.78 is 0. The molecule has 1 amide bonds. The molecular weight excluding hydrogens is 230 g/mol. The molecule has 4 heteroatoms. The molecule has 0 bridgehead atoms. The van der Waals surface area contributed by atoms with Gasteiger partial charge in [0.15, 0.2) is 0 Å². The van der Waals surface area contributed by atoms with Crippen molar-refractivity contribution in [3.63, 3.8) is 0 Å². The third-order valence-corrected chi connectivity index (χ3v) is 3.27. The fourth-order valence-corrected chi connectivity index (χ4v) is 2.03. The number of para-hydroxylation sites is 1. The first-order valence-corrected chi connectivity index (χ1v) is 6.37. The summed E-state index contributed by atoms with van der Waals surface area (Å²) in [6.45, 7) is 2.13. The largest absolute Gasteiger partial charge is 0.324 e. The number of rotatable bonds is 5. The number of amides is 1. The summed E-state index contributed by atoms with van der Waals surface area (Å²) in [7, 11) is 0. The minimum absolute atomic E-state index is 0.00716. The van der Waals surface area contributed by atoms with Crippen molar-refractivity contribution in [2.45, 2.75) is 18.2 Å². The number of anilines is 1. The van der Waals surface area contributed by atoms with E-state index < -0.39 is 0 Å². The molecule has 0 saturated carbocycles. The second-order valence-electron chi connectivity index (χ2n) is 3.03. The summed E-state index contributed by atoms with van der Waals surface area (Å²) in [6, 6.07) is 7.76. The Hall–Kier alpha value is -0.670. The first kappa shape index (κ1) is 12.4. The lowest BCUT2D eigenvalue weighted by molar-refractivity contribution is -0.113. The van der Waals surface area contributed by atoms with Crippen LogP contribution in [0.5, 0.6) is 0 Å². The van der Waals surface area contributed by atoms with E-state index in [1.54, 1.807) is 11.8 Å². The van der Waals surface area contributed by atoms with Gasteiger partial charge in [0.2, 0.25) is 5.91 Å². The zero-order valence-electron chi connectivity index (χ0n) is 8.63. The number of carbonyl (C=O) groups excluding carboxylic acids is 1. The van der Waals surface area contributed by atoms with Gasteiger partial charge in [-0.15, -0.1) is 23.4 Å². The Labute approximate surface area is 99.4 Å². The average Bonchev–Trinajstić information content (AvgIpc) is 2.28. The zero-order valence-corrected chi connectivity index (χ0v) is 10.2. The molecule has 0 aliphatic heterocycles. The van der Waals surface area contributed by atoms with Crippen molar-refractivity contribution in [2.75, 3.05) is 16.9 Å². The van der Waals surface area contributed by atoms with E-state index in [4.69, 9.17) is 11.6 Å². The lowest BCUT2D eigenvalue weighted by Crippen LogP contribution is -2.13. The van der Waals surface area contributed by atoms with Crippen molar-refractivity contribution in [3.8, 4) is 0 Å². The third-order valence-electron chi connectivity index (χ3n) is 1.74. The Balaban J connectivity index is 2.72. The molecule has 0 aliphatic carbocycles. The van der Waals surface area contributed by atoms with Gasteiger partial charge in [0.25, 0.3) is 0 Å². The predicted molar refractivity (Wildman–Crippen MR) is 66.8 cm³/mol. The molecule has 0 unspecified atom stereocenters. The van der Waals surface area contributed by atoms with E-state index in [1.165, 1.54) is 0 Å². The number of benzene rings is 1. The summed E-state index contributed by atoms with van der Waals surface area (Å²) in [5, 5.41) is 2.78. The van der Waals surface area contributed by atoms with Crippen LogP contribution in [0.1, 0.15) is 13.3 Å². The smallest absolute Gasteiger partial charge is 0.239 e. The van der Waals surface area contributed by atoms with E-state index >= 15 is 0 Å². The van der Waals surface area contributed by atoms with E-state index in [0.717, 1.165) is 22.8 Å². The minimum atomic E-state index is -0.166. The maximum atomic E-state index is 11.2. The monoisotopic (exact) mass is 243 g/mol. The van der Waals surface area contributed by atoms with Crippen LogP contribution in [0.3, 0.4) is 0 Å². The van der Waals surface area contributed by atoms with Crippen LogP contribution >= 0.6 is 23.4 Å². The molecule has 0 aromatic heterocycles. The highest BCUT2D eigenvalue weighted by molar-refractivity contribution is 7.99. The van der Waals surface area contributed by atoms with E-state index in [9.17, 15) is 4.79 Å². The van der Waals surface area contributed by atoms with Crippen molar-refractivity contribution in [1.82, 2.24) is 0 Å². The molecule has 2 nitrogen and oxygen atoms in total. The fraction of sp³-hybridized carbons (Fsp3) is 0.364. The van der Waals surface area contributed by atoms with Gasteiger partial charge in [0.05, 0.1) is 5.69 Å². The van der Waals surface area contributed by atoms with Crippen molar-refractivity contribution >= 4 is 35.0 Å². The van der Waals surface area contributed by atoms with Crippen molar-refractivity contribution in [1.29, 1.82) is 0 Å². The highest BCUT2D eigenvalue weighted by Gasteiger charge is 2.04. The quantitative estimate of drug-likeness (QED) is 0.635. The second-order valence-corrected chi connectivity index (χ2v) is 4.43.